The molecule has 0 radical (unpaired) electrons. The van der Waals surface area contributed by atoms with Crippen molar-refractivity contribution in [3.63, 3.8) is 0 Å². The summed E-state index contributed by atoms with van der Waals surface area (Å²) in [6.07, 6.45) is 6.22. The molecule has 2 atom stereocenters. The van der Waals surface area contributed by atoms with E-state index in [1.54, 1.807) is 32.4 Å². The molecule has 0 N–H and O–H groups in total. The van der Waals surface area contributed by atoms with Crippen LogP contribution in [0.25, 0.3) is 0 Å². The highest BCUT2D eigenvalue weighted by atomic mass is 16.8. The minimum atomic E-state index is -1.03. The summed E-state index contributed by atoms with van der Waals surface area (Å²) in [5.41, 5.74) is 1.16. The number of carbonyl (C=O) groups is 2. The van der Waals surface area contributed by atoms with Crippen LogP contribution >= 0.6 is 0 Å². The van der Waals surface area contributed by atoms with Gasteiger partial charge >= 0.3 is 5.97 Å². The molecule has 1 aromatic heterocycles. The lowest BCUT2D eigenvalue weighted by atomic mass is 9.92. The number of cyclic esters (lactones) is 1. The molecule has 3 heterocycles. The number of rotatable bonds is 9. The Kier molecular flexibility index (Phi) is 7.85. The fourth-order valence-electron chi connectivity index (χ4n) is 4.62. The van der Waals surface area contributed by atoms with Gasteiger partial charge in [0.05, 0.1) is 18.7 Å². The predicted octanol–water partition coefficient (Wildman–Crippen LogP) is 2.84. The van der Waals surface area contributed by atoms with Gasteiger partial charge < -0.3 is 24.0 Å². The molecular weight excluding hydrogens is 448 g/mol. The summed E-state index contributed by atoms with van der Waals surface area (Å²) >= 11 is 0. The van der Waals surface area contributed by atoms with Crippen LogP contribution in [0.5, 0.6) is 5.75 Å². The molecule has 1 aromatic carbocycles. The molecule has 2 saturated heterocycles. The number of benzene rings is 1. The van der Waals surface area contributed by atoms with Gasteiger partial charge in [-0.15, -0.1) is 0 Å². The zero-order valence-electron chi connectivity index (χ0n) is 20.7. The highest BCUT2D eigenvalue weighted by molar-refractivity contribution is 5.88. The molecule has 0 aliphatic carbocycles. The van der Waals surface area contributed by atoms with E-state index < -0.39 is 23.8 Å². The van der Waals surface area contributed by atoms with Crippen molar-refractivity contribution in [1.82, 2.24) is 14.9 Å². The third-order valence-corrected chi connectivity index (χ3v) is 6.35. The standard InChI is InChI=1S/C26H34N4O5/c1-4-33-20-10-8-19(9-11-20)6-5-7-21(23-25(32)35-26(2,3)34-23)24(31)30-16-14-29(15-17-30)22-18-27-12-13-28-22/h8-13,18,21,23H,4-7,14-17H2,1-3H3/t21-,23+/m1/s1. The molecule has 188 valence electrons. The van der Waals surface area contributed by atoms with Gasteiger partial charge in [-0.05, 0) is 43.9 Å². The van der Waals surface area contributed by atoms with Crippen molar-refractivity contribution in [2.45, 2.75) is 51.9 Å². The monoisotopic (exact) mass is 482 g/mol. The number of piperazine rings is 1. The Bertz CT molecular complexity index is 991. The van der Waals surface area contributed by atoms with Gasteiger partial charge in [0, 0.05) is 52.4 Å². The number of hydrogen-bond acceptors (Lipinski definition) is 8. The lowest BCUT2D eigenvalue weighted by molar-refractivity contribution is -0.162. The molecule has 0 spiro atoms. The van der Waals surface area contributed by atoms with Crippen molar-refractivity contribution in [3.05, 3.63) is 48.4 Å². The molecular formula is C26H34N4O5. The van der Waals surface area contributed by atoms with E-state index in [0.29, 0.717) is 39.2 Å². The van der Waals surface area contributed by atoms with Gasteiger partial charge in [-0.3, -0.25) is 9.78 Å². The van der Waals surface area contributed by atoms with Crippen molar-refractivity contribution < 1.29 is 23.8 Å². The van der Waals surface area contributed by atoms with Crippen molar-refractivity contribution in [2.75, 3.05) is 37.7 Å². The highest BCUT2D eigenvalue weighted by Crippen LogP contribution is 2.32. The van der Waals surface area contributed by atoms with Crippen molar-refractivity contribution in [3.8, 4) is 5.75 Å². The van der Waals surface area contributed by atoms with Crippen LogP contribution in [-0.2, 0) is 25.5 Å². The average Bonchev–Trinajstić information content (AvgIpc) is 3.15. The largest absolute Gasteiger partial charge is 0.494 e. The molecule has 0 saturated carbocycles. The highest BCUT2D eigenvalue weighted by Gasteiger charge is 2.48. The lowest BCUT2D eigenvalue weighted by Crippen LogP contribution is -2.52. The number of anilines is 1. The lowest BCUT2D eigenvalue weighted by Gasteiger charge is -2.37. The molecule has 2 fully saturated rings. The quantitative estimate of drug-likeness (QED) is 0.504. The molecule has 2 aromatic rings. The SMILES string of the molecule is CCOc1ccc(CCC[C@@H](C(=O)N2CCN(c3cnccn3)CC2)[C@@H]2OC(C)(C)OC2=O)cc1. The second-order valence-corrected chi connectivity index (χ2v) is 9.31. The number of esters is 1. The topological polar surface area (TPSA) is 94.1 Å². The van der Waals surface area contributed by atoms with E-state index in [0.717, 1.165) is 30.0 Å². The summed E-state index contributed by atoms with van der Waals surface area (Å²) in [5, 5.41) is 0. The van der Waals surface area contributed by atoms with E-state index in [-0.39, 0.29) is 5.91 Å². The summed E-state index contributed by atoms with van der Waals surface area (Å²) in [6, 6.07) is 7.99. The van der Waals surface area contributed by atoms with Crippen molar-refractivity contribution >= 4 is 17.7 Å². The summed E-state index contributed by atoms with van der Waals surface area (Å²) < 4.78 is 16.8. The van der Waals surface area contributed by atoms with Crippen molar-refractivity contribution in [1.29, 1.82) is 0 Å². The molecule has 2 aliphatic rings. The van der Waals surface area contributed by atoms with E-state index in [4.69, 9.17) is 14.2 Å². The minimum absolute atomic E-state index is 0.0601. The molecule has 9 nitrogen and oxygen atoms in total. The Hall–Kier alpha value is -3.20. The summed E-state index contributed by atoms with van der Waals surface area (Å²) in [5.74, 6) is -0.497. The Morgan fingerprint density at radius 2 is 1.91 bits per heavy atom. The first-order valence-corrected chi connectivity index (χ1v) is 12.3. The molecule has 0 unspecified atom stereocenters. The van der Waals surface area contributed by atoms with Crippen LogP contribution in [0.2, 0.25) is 0 Å². The maximum absolute atomic E-state index is 13.6. The van der Waals surface area contributed by atoms with Gasteiger partial charge in [0.25, 0.3) is 0 Å². The van der Waals surface area contributed by atoms with Gasteiger partial charge in [0.2, 0.25) is 11.7 Å². The normalized spacial score (nSPS) is 20.4. The second kappa shape index (κ2) is 11.0. The molecule has 2 aliphatic heterocycles. The summed E-state index contributed by atoms with van der Waals surface area (Å²) in [6.45, 7) is 8.40. The number of amides is 1. The fourth-order valence-corrected chi connectivity index (χ4v) is 4.62. The maximum atomic E-state index is 13.6. The third-order valence-electron chi connectivity index (χ3n) is 6.35. The Labute approximate surface area is 206 Å². The van der Waals surface area contributed by atoms with Crippen LogP contribution in [0.3, 0.4) is 0 Å². The van der Waals surface area contributed by atoms with Gasteiger partial charge in [-0.1, -0.05) is 12.1 Å². The van der Waals surface area contributed by atoms with Gasteiger partial charge in [-0.25, -0.2) is 9.78 Å². The fraction of sp³-hybridized carbons (Fsp3) is 0.538. The minimum Gasteiger partial charge on any atom is -0.494 e. The first-order valence-electron chi connectivity index (χ1n) is 12.3. The molecule has 0 bridgehead atoms. The van der Waals surface area contributed by atoms with Crippen LogP contribution < -0.4 is 9.64 Å². The number of ether oxygens (including phenoxy) is 3. The van der Waals surface area contributed by atoms with Crippen LogP contribution in [0.1, 0.15) is 39.2 Å². The second-order valence-electron chi connectivity index (χ2n) is 9.31. The van der Waals surface area contributed by atoms with E-state index in [1.165, 1.54) is 0 Å². The Morgan fingerprint density at radius 1 is 1.17 bits per heavy atom. The van der Waals surface area contributed by atoms with E-state index in [2.05, 4.69) is 14.9 Å². The first-order chi connectivity index (χ1) is 16.9. The Balaban J connectivity index is 1.40. The predicted molar refractivity (Wildman–Crippen MR) is 130 cm³/mol. The van der Waals surface area contributed by atoms with Crippen LogP contribution in [0, 0.1) is 5.92 Å². The number of hydrogen-bond donors (Lipinski definition) is 0. The first kappa shape index (κ1) is 24.9. The third kappa shape index (κ3) is 6.28. The van der Waals surface area contributed by atoms with Crippen molar-refractivity contribution in [2.24, 2.45) is 5.92 Å². The summed E-state index contributed by atoms with van der Waals surface area (Å²) in [4.78, 5) is 38.7. The van der Waals surface area contributed by atoms with E-state index in [9.17, 15) is 9.59 Å². The maximum Gasteiger partial charge on any atom is 0.338 e. The van der Waals surface area contributed by atoms with Crippen LogP contribution in [0.4, 0.5) is 5.82 Å². The van der Waals surface area contributed by atoms with Gasteiger partial charge in [0.1, 0.15) is 11.6 Å². The van der Waals surface area contributed by atoms with E-state index in [1.807, 2.05) is 36.1 Å². The smallest absolute Gasteiger partial charge is 0.338 e. The van der Waals surface area contributed by atoms with Gasteiger partial charge in [-0.2, -0.15) is 0 Å². The van der Waals surface area contributed by atoms with Gasteiger partial charge in [0.15, 0.2) is 6.10 Å². The average molecular weight is 483 g/mol. The molecule has 9 heteroatoms. The van der Waals surface area contributed by atoms with Crippen LogP contribution in [0.15, 0.2) is 42.9 Å². The molecule has 4 rings (SSSR count). The zero-order chi connectivity index (χ0) is 24.8. The number of aromatic nitrogens is 2. The Morgan fingerprint density at radius 3 is 2.51 bits per heavy atom. The molecule has 1 amide bonds. The molecule has 35 heavy (non-hydrogen) atoms. The van der Waals surface area contributed by atoms with E-state index >= 15 is 0 Å². The zero-order valence-corrected chi connectivity index (χ0v) is 20.7. The number of carbonyl (C=O) groups excluding carboxylic acids is 2. The number of aryl methyl sites for hydroxylation is 1. The number of nitrogens with zero attached hydrogens (tertiary/aromatic N) is 4. The summed E-state index contributed by atoms with van der Waals surface area (Å²) in [7, 11) is 0. The van der Waals surface area contributed by atoms with Crippen LogP contribution in [-0.4, -0.2) is 71.4 Å².